The van der Waals surface area contributed by atoms with E-state index < -0.39 is 84.8 Å². The lowest BCUT2D eigenvalue weighted by molar-refractivity contribution is -0.199. The van der Waals surface area contributed by atoms with Gasteiger partial charge < -0.3 is 41.2 Å². The summed E-state index contributed by atoms with van der Waals surface area (Å²) in [5, 5.41) is 29.9. The summed E-state index contributed by atoms with van der Waals surface area (Å²) in [6, 6.07) is -4.53. The van der Waals surface area contributed by atoms with Gasteiger partial charge in [0.15, 0.2) is 12.1 Å². The maximum atomic E-state index is 12.6. The van der Waals surface area contributed by atoms with Crippen molar-refractivity contribution in [1.82, 2.24) is 31.4 Å². The molecule has 1 unspecified atom stereocenters. The SMILES string of the molecule is CNC(CSCCSC[C@H](NC)C(=O)N[C@@H](CO)C(=O)ON1C(=O)CCC1=O)C(=O)N[C@@H](CO)C(=O)ON1C(=O)CCC1=O. The average Bonchev–Trinajstić information content (AvgIpc) is 3.49. The van der Waals surface area contributed by atoms with Crippen molar-refractivity contribution in [2.75, 3.05) is 50.3 Å². The quantitative estimate of drug-likeness (QED) is 0.0566. The van der Waals surface area contributed by atoms with Gasteiger partial charge in [-0.1, -0.05) is 0 Å². The summed E-state index contributed by atoms with van der Waals surface area (Å²) < 4.78 is 0. The van der Waals surface area contributed by atoms with Crippen LogP contribution >= 0.6 is 23.5 Å². The highest BCUT2D eigenvalue weighted by Crippen LogP contribution is 2.14. The van der Waals surface area contributed by atoms with Crippen LogP contribution in [0.25, 0.3) is 0 Å². The molecule has 44 heavy (non-hydrogen) atoms. The van der Waals surface area contributed by atoms with Gasteiger partial charge in [0.2, 0.25) is 11.8 Å². The van der Waals surface area contributed by atoms with E-state index in [0.717, 1.165) is 0 Å². The standard InChI is InChI=1S/C24H36N6O12S2/c1-25-15(21(37)27-13(9-31)23(39)41-29-17(33)3-4-18(29)34)11-43-7-8-44-12-16(26-2)22(38)28-14(10-32)24(40)42-30-19(35)5-6-20(30)36/h13-16,25-26,31-32H,3-12H2,1-2H3,(H,27,37)(H,28,38)/t13-,14-,15-,16?/m0/s1. The third-order valence-electron chi connectivity index (χ3n) is 6.21. The Morgan fingerprint density at radius 2 is 0.977 bits per heavy atom. The second-order valence-corrected chi connectivity index (χ2v) is 11.6. The van der Waals surface area contributed by atoms with Crippen LogP contribution in [0.4, 0.5) is 0 Å². The van der Waals surface area contributed by atoms with Gasteiger partial charge in [0.1, 0.15) is 0 Å². The highest BCUT2D eigenvalue weighted by molar-refractivity contribution is 8.03. The first-order valence-corrected chi connectivity index (χ1v) is 15.8. The Morgan fingerprint density at radius 1 is 0.659 bits per heavy atom. The number of hydrogen-bond donors (Lipinski definition) is 6. The van der Waals surface area contributed by atoms with Crippen LogP contribution in [0.3, 0.4) is 0 Å². The largest absolute Gasteiger partial charge is 0.394 e. The molecule has 0 aromatic rings. The van der Waals surface area contributed by atoms with Crippen LogP contribution in [0, 0.1) is 0 Å². The van der Waals surface area contributed by atoms with E-state index in [1.807, 2.05) is 0 Å². The first-order chi connectivity index (χ1) is 21.0. The van der Waals surface area contributed by atoms with Crippen molar-refractivity contribution in [3.8, 4) is 0 Å². The molecule has 20 heteroatoms. The number of aliphatic hydroxyl groups excluding tert-OH is 2. The molecule has 4 atom stereocenters. The molecule has 246 valence electrons. The van der Waals surface area contributed by atoms with Gasteiger partial charge >= 0.3 is 11.9 Å². The fourth-order valence-corrected chi connectivity index (χ4v) is 6.01. The minimum absolute atomic E-state index is 0.101. The van der Waals surface area contributed by atoms with Crippen molar-refractivity contribution >= 4 is 70.9 Å². The maximum Gasteiger partial charge on any atom is 0.357 e. The number of amides is 6. The van der Waals surface area contributed by atoms with E-state index in [9.17, 15) is 48.6 Å². The highest BCUT2D eigenvalue weighted by Gasteiger charge is 2.37. The summed E-state index contributed by atoms with van der Waals surface area (Å²) in [5.74, 6) is -4.68. The summed E-state index contributed by atoms with van der Waals surface area (Å²) >= 11 is 2.78. The fourth-order valence-electron chi connectivity index (χ4n) is 3.63. The fraction of sp³-hybridized carbons (Fsp3) is 0.667. The van der Waals surface area contributed by atoms with E-state index in [4.69, 9.17) is 9.68 Å². The lowest BCUT2D eigenvalue weighted by atomic mass is 10.2. The molecule has 2 heterocycles. The number of hydroxylamine groups is 4. The number of carbonyl (C=O) groups excluding carboxylic acids is 8. The monoisotopic (exact) mass is 664 g/mol. The van der Waals surface area contributed by atoms with Gasteiger partial charge in [-0.3, -0.25) is 28.8 Å². The molecular weight excluding hydrogens is 628 g/mol. The summed E-state index contributed by atoms with van der Waals surface area (Å²) in [4.78, 5) is 106. The Labute approximate surface area is 260 Å². The van der Waals surface area contributed by atoms with Crippen LogP contribution in [0.2, 0.25) is 0 Å². The van der Waals surface area contributed by atoms with E-state index >= 15 is 0 Å². The smallest absolute Gasteiger partial charge is 0.357 e. The predicted molar refractivity (Wildman–Crippen MR) is 153 cm³/mol. The Kier molecular flexibility index (Phi) is 15.5. The van der Waals surface area contributed by atoms with E-state index in [1.165, 1.54) is 37.6 Å². The van der Waals surface area contributed by atoms with Crippen molar-refractivity contribution in [2.24, 2.45) is 0 Å². The van der Waals surface area contributed by atoms with Gasteiger partial charge in [-0.2, -0.15) is 23.5 Å². The van der Waals surface area contributed by atoms with Gasteiger partial charge in [-0.25, -0.2) is 9.59 Å². The number of nitrogens with zero attached hydrogens (tertiary/aromatic N) is 2. The molecule has 0 bridgehead atoms. The van der Waals surface area contributed by atoms with Crippen LogP contribution in [0.5, 0.6) is 0 Å². The molecule has 6 amide bonds. The minimum Gasteiger partial charge on any atom is -0.394 e. The molecule has 6 N–H and O–H groups in total. The van der Waals surface area contributed by atoms with Crippen molar-refractivity contribution in [3.63, 3.8) is 0 Å². The highest BCUT2D eigenvalue weighted by atomic mass is 32.2. The summed E-state index contributed by atoms with van der Waals surface area (Å²) in [6.07, 6.45) is -0.404. The first kappa shape index (κ1) is 36.9. The van der Waals surface area contributed by atoms with Gasteiger partial charge in [0.25, 0.3) is 23.6 Å². The number of aliphatic hydroxyl groups is 2. The molecule has 0 saturated carbocycles. The molecule has 0 aromatic carbocycles. The Bertz CT molecular complexity index is 996. The lowest BCUT2D eigenvalue weighted by Crippen LogP contribution is -2.53. The second-order valence-electron chi connectivity index (χ2n) is 9.30. The molecule has 0 aliphatic carbocycles. The zero-order valence-electron chi connectivity index (χ0n) is 24.1. The molecule has 2 rings (SSSR count). The molecule has 18 nitrogen and oxygen atoms in total. The Balaban J connectivity index is 1.72. The van der Waals surface area contributed by atoms with Crippen molar-refractivity contribution < 1.29 is 58.2 Å². The maximum absolute atomic E-state index is 12.6. The van der Waals surface area contributed by atoms with Crippen LogP contribution in [-0.4, -0.2) is 142 Å². The Morgan fingerprint density at radius 3 is 1.25 bits per heavy atom. The number of likely N-dealkylation sites (N-methyl/N-ethyl adjacent to an activating group) is 2. The number of imide groups is 2. The van der Waals surface area contributed by atoms with E-state index in [1.54, 1.807) is 0 Å². The second kappa shape index (κ2) is 18.5. The number of carbonyl (C=O) groups is 8. The van der Waals surface area contributed by atoms with Gasteiger partial charge in [0.05, 0.1) is 25.3 Å². The number of hydrogen-bond acceptors (Lipinski definition) is 16. The average molecular weight is 665 g/mol. The molecule has 0 spiro atoms. The summed E-state index contributed by atoms with van der Waals surface area (Å²) in [5.41, 5.74) is 0. The Hall–Kier alpha value is -3.30. The topological polar surface area (TPSA) is 250 Å². The van der Waals surface area contributed by atoms with Crippen molar-refractivity contribution in [2.45, 2.75) is 49.9 Å². The van der Waals surface area contributed by atoms with E-state index in [2.05, 4.69) is 21.3 Å². The molecular formula is C24H36N6O12S2. The molecule has 2 fully saturated rings. The van der Waals surface area contributed by atoms with Crippen LogP contribution in [0.1, 0.15) is 25.7 Å². The molecule has 0 radical (unpaired) electrons. The van der Waals surface area contributed by atoms with Gasteiger partial charge in [-0.05, 0) is 14.1 Å². The molecule has 2 aliphatic rings. The molecule has 2 aliphatic heterocycles. The number of nitrogens with one attached hydrogen (secondary N) is 4. The predicted octanol–water partition coefficient (Wildman–Crippen LogP) is -4.20. The van der Waals surface area contributed by atoms with Crippen LogP contribution < -0.4 is 21.3 Å². The molecule has 0 aromatic heterocycles. The van der Waals surface area contributed by atoms with Crippen LogP contribution in [0.15, 0.2) is 0 Å². The van der Waals surface area contributed by atoms with Crippen molar-refractivity contribution in [1.29, 1.82) is 0 Å². The zero-order chi connectivity index (χ0) is 32.8. The van der Waals surface area contributed by atoms with Crippen LogP contribution in [-0.2, 0) is 48.0 Å². The summed E-state index contributed by atoms with van der Waals surface area (Å²) in [7, 11) is 3.06. The normalized spacial score (nSPS) is 17.7. The number of rotatable bonds is 19. The third-order valence-corrected chi connectivity index (χ3v) is 8.59. The minimum atomic E-state index is -1.50. The molecule has 2 saturated heterocycles. The number of thioether (sulfide) groups is 2. The van der Waals surface area contributed by atoms with E-state index in [-0.39, 0.29) is 37.2 Å². The van der Waals surface area contributed by atoms with Gasteiger partial charge in [0, 0.05) is 48.7 Å². The zero-order valence-corrected chi connectivity index (χ0v) is 25.7. The van der Waals surface area contributed by atoms with E-state index in [0.29, 0.717) is 21.6 Å². The van der Waals surface area contributed by atoms with Gasteiger partial charge in [-0.15, -0.1) is 10.1 Å². The summed E-state index contributed by atoms with van der Waals surface area (Å²) in [6.45, 7) is -1.64. The lowest BCUT2D eigenvalue weighted by Gasteiger charge is -2.22. The third kappa shape index (κ3) is 10.7. The first-order valence-electron chi connectivity index (χ1n) is 13.4. The van der Waals surface area contributed by atoms with Crippen molar-refractivity contribution in [3.05, 3.63) is 0 Å².